The van der Waals surface area contributed by atoms with E-state index in [1.165, 1.54) is 34.7 Å². The third-order valence-corrected chi connectivity index (χ3v) is 12.4. The number of Topliss-reactive ketones (excluding diaryl/α,β-unsaturated/α-hetero) is 3. The van der Waals surface area contributed by atoms with E-state index in [1.54, 1.807) is 24.3 Å². The average molecular weight is 943 g/mol. The molecule has 5 atom stereocenters. The number of fused-ring (bicyclic) bond motifs is 1. The van der Waals surface area contributed by atoms with E-state index in [9.17, 15) is 58.5 Å². The predicted octanol–water partition coefficient (Wildman–Crippen LogP) is 1.29. The number of nitrogens with two attached hydrogens (primary N) is 3. The molecule has 12 N–H and O–H groups in total. The number of H-pyrrole nitrogens is 1. The highest BCUT2D eigenvalue weighted by Gasteiger charge is 2.33. The van der Waals surface area contributed by atoms with Crippen LogP contribution in [0.25, 0.3) is 11.2 Å². The van der Waals surface area contributed by atoms with Gasteiger partial charge in [0.2, 0.25) is 17.8 Å². The maximum absolute atomic E-state index is 13.6. The number of aliphatic carboxylic acids is 3. The first-order valence-electron chi connectivity index (χ1n) is 20.5. The van der Waals surface area contributed by atoms with Crippen LogP contribution in [0.1, 0.15) is 86.8 Å². The molecule has 24 heteroatoms. The molecule has 0 saturated heterocycles. The summed E-state index contributed by atoms with van der Waals surface area (Å²) < 4.78 is 0. The van der Waals surface area contributed by atoms with Gasteiger partial charge in [-0.1, -0.05) is 59.7 Å². The summed E-state index contributed by atoms with van der Waals surface area (Å²) in [4.78, 5) is 133. The van der Waals surface area contributed by atoms with Crippen LogP contribution in [0.3, 0.4) is 0 Å². The van der Waals surface area contributed by atoms with Gasteiger partial charge in [0.15, 0.2) is 28.7 Å². The first-order valence-corrected chi connectivity index (χ1v) is 23.0. The number of benzene rings is 1. The van der Waals surface area contributed by atoms with Crippen LogP contribution in [0, 0.1) is 17.8 Å². The van der Waals surface area contributed by atoms with Crippen molar-refractivity contribution in [2.45, 2.75) is 90.1 Å². The molecule has 2 amide bonds. The van der Waals surface area contributed by atoms with Gasteiger partial charge in [-0.15, -0.1) is 0 Å². The number of rotatable bonds is 30. The molecular formula is C41H54N10O12S2. The molecule has 2 aromatic heterocycles. The Hall–Kier alpha value is -6.43. The highest BCUT2D eigenvalue weighted by atomic mass is 33.1. The Morgan fingerprint density at radius 3 is 2.15 bits per heavy atom. The molecule has 2 heterocycles. The number of carbonyl (C=O) groups is 8. The highest BCUT2D eigenvalue weighted by Crippen LogP contribution is 2.23. The van der Waals surface area contributed by atoms with Crippen LogP contribution in [0.4, 0.5) is 5.95 Å². The van der Waals surface area contributed by atoms with Gasteiger partial charge in [0.25, 0.3) is 5.56 Å². The van der Waals surface area contributed by atoms with Gasteiger partial charge >= 0.3 is 17.9 Å². The topological polar surface area (TPSA) is 383 Å². The molecule has 0 unspecified atom stereocenters. The second kappa shape index (κ2) is 26.4. The van der Waals surface area contributed by atoms with Crippen molar-refractivity contribution in [1.29, 1.82) is 0 Å². The quantitative estimate of drug-likeness (QED) is 0.0149. The Kier molecular flexibility index (Phi) is 21.5. The van der Waals surface area contributed by atoms with Crippen LogP contribution >= 0.6 is 21.6 Å². The van der Waals surface area contributed by atoms with Gasteiger partial charge in [-0.05, 0) is 37.7 Å². The molecule has 0 fully saturated rings. The summed E-state index contributed by atoms with van der Waals surface area (Å²) in [5.41, 5.74) is 17.6. The lowest BCUT2D eigenvalue weighted by Gasteiger charge is -2.23. The fourth-order valence-electron chi connectivity index (χ4n) is 6.40. The minimum absolute atomic E-state index is 0.0213. The fourth-order valence-corrected chi connectivity index (χ4v) is 8.22. The number of carbonyl (C=O) groups excluding carboxylic acids is 5. The lowest BCUT2D eigenvalue weighted by Crippen LogP contribution is -2.48. The summed E-state index contributed by atoms with van der Waals surface area (Å²) in [6, 6.07) is 3.92. The number of nitrogens with one attached hydrogen (secondary N) is 3. The third kappa shape index (κ3) is 18.3. The zero-order valence-electron chi connectivity index (χ0n) is 35.8. The van der Waals surface area contributed by atoms with Crippen LogP contribution in [-0.2, 0) is 46.4 Å². The van der Waals surface area contributed by atoms with Gasteiger partial charge in [-0.25, -0.2) is 14.8 Å². The average Bonchev–Trinajstić information content (AvgIpc) is 3.24. The van der Waals surface area contributed by atoms with Gasteiger partial charge in [-0.3, -0.25) is 48.3 Å². The van der Waals surface area contributed by atoms with Crippen molar-refractivity contribution in [3.05, 3.63) is 57.6 Å². The molecule has 0 aliphatic rings. The molecule has 1 aromatic carbocycles. The molecule has 22 nitrogen and oxygen atoms in total. The van der Waals surface area contributed by atoms with Gasteiger partial charge in [0.1, 0.15) is 11.8 Å². The molecule has 0 saturated carbocycles. The van der Waals surface area contributed by atoms with E-state index in [4.69, 9.17) is 17.2 Å². The second-order valence-corrected chi connectivity index (χ2v) is 17.9. The Morgan fingerprint density at radius 1 is 0.831 bits per heavy atom. The number of ketones is 3. The first kappa shape index (κ1) is 52.9. The highest BCUT2D eigenvalue weighted by molar-refractivity contribution is 8.76. The summed E-state index contributed by atoms with van der Waals surface area (Å²) in [5, 5.41) is 33.9. The van der Waals surface area contributed by atoms with Crippen LogP contribution in [0.5, 0.6) is 0 Å². The summed E-state index contributed by atoms with van der Waals surface area (Å²) in [6.07, 6.45) is -0.142. The van der Waals surface area contributed by atoms with Gasteiger partial charge in [-0.2, -0.15) is 4.98 Å². The summed E-state index contributed by atoms with van der Waals surface area (Å²) in [7, 11) is 2.56. The molecule has 0 radical (unpaired) electrons. The van der Waals surface area contributed by atoms with Crippen LogP contribution < -0.4 is 33.4 Å². The van der Waals surface area contributed by atoms with Crippen molar-refractivity contribution in [3.63, 3.8) is 0 Å². The molecule has 3 aromatic rings. The number of aromatic amines is 1. The number of aryl methyl sites for hydroxylation is 2. The maximum Gasteiger partial charge on any atom is 0.327 e. The van der Waals surface area contributed by atoms with Gasteiger partial charge in [0, 0.05) is 55.2 Å². The number of guanidine groups is 1. The van der Waals surface area contributed by atoms with E-state index in [1.807, 2.05) is 6.92 Å². The largest absolute Gasteiger partial charge is 0.481 e. The molecule has 352 valence electrons. The van der Waals surface area contributed by atoms with Gasteiger partial charge < -0.3 is 43.2 Å². The monoisotopic (exact) mass is 942 g/mol. The number of anilines is 1. The van der Waals surface area contributed by atoms with Crippen molar-refractivity contribution < 1.29 is 53.7 Å². The number of hydrogen-bond donors (Lipinski definition) is 9. The fraction of sp³-hybridized carbons (Fsp3) is 0.488. The number of amides is 2. The van der Waals surface area contributed by atoms with E-state index in [0.29, 0.717) is 24.3 Å². The Labute approximate surface area is 380 Å². The lowest BCUT2D eigenvalue weighted by molar-refractivity contribution is -0.144. The number of aromatic nitrogens is 4. The number of hydrogen-bond acceptors (Lipinski definition) is 16. The minimum Gasteiger partial charge on any atom is -0.481 e. The Morgan fingerprint density at radius 2 is 1.52 bits per heavy atom. The van der Waals surface area contributed by atoms with E-state index < -0.39 is 102 Å². The minimum atomic E-state index is -1.48. The summed E-state index contributed by atoms with van der Waals surface area (Å²) in [5.74, 6) is -10.8. The van der Waals surface area contributed by atoms with Crippen molar-refractivity contribution in [3.8, 4) is 0 Å². The third-order valence-electron chi connectivity index (χ3n) is 9.91. The maximum atomic E-state index is 13.6. The molecule has 0 aliphatic heterocycles. The van der Waals surface area contributed by atoms with E-state index in [2.05, 4.69) is 35.6 Å². The number of aliphatic imine (C=N–C) groups is 1. The standard InChI is InChI=1S/C41H54N10O12S2/c1-3-64-65-20-29(39(62)63)49-36(58)25(18-32(55)56)17-31(54)28(5-4-14-45-40(42)43)48-35(57)21(2)15-27(52)13-11-24(38(60)61)16-30(53)23-9-6-22(7-10-23)8-12-26-19-46-34-33(47-26)37(59)51-41(44)50-34/h6-7,9-10,19,21,24-25,28-29H,3-5,8,11-18,20H2,1-2H3,(H,48,57)(H,49,58)(H,55,56)(H,60,61)(H,62,63)(H4,42,43,45)(H3,44,46,50,51,59)/t21-,24-,25+,28+,29+/m1/s1. The molecule has 0 spiro atoms. The van der Waals surface area contributed by atoms with E-state index in [0.717, 1.165) is 5.56 Å². The van der Waals surface area contributed by atoms with E-state index in [-0.39, 0.29) is 73.0 Å². The van der Waals surface area contributed by atoms with Crippen molar-refractivity contribution in [2.24, 2.45) is 34.2 Å². The van der Waals surface area contributed by atoms with Gasteiger partial charge in [0.05, 0.1) is 36.2 Å². The first-order chi connectivity index (χ1) is 30.8. The van der Waals surface area contributed by atoms with E-state index >= 15 is 0 Å². The molecular weight excluding hydrogens is 889 g/mol. The van der Waals surface area contributed by atoms with Crippen molar-refractivity contribution in [1.82, 2.24) is 30.6 Å². The summed E-state index contributed by atoms with van der Waals surface area (Å²) in [6.45, 7) is 3.33. The Balaban J connectivity index is 1.58. The number of carboxylic acid groups (broad SMARTS) is 3. The normalized spacial score (nSPS) is 13.4. The molecule has 65 heavy (non-hydrogen) atoms. The van der Waals surface area contributed by atoms with Crippen molar-refractivity contribution >= 4 is 91.7 Å². The molecule has 3 rings (SSSR count). The zero-order valence-corrected chi connectivity index (χ0v) is 37.5. The summed E-state index contributed by atoms with van der Waals surface area (Å²) >= 11 is 0. The smallest absolute Gasteiger partial charge is 0.327 e. The number of carboxylic acids is 3. The lowest BCUT2D eigenvalue weighted by atomic mass is 9.90. The Bertz CT molecular complexity index is 2290. The number of nitrogen functional groups attached to an aromatic ring is 1. The molecule has 0 bridgehead atoms. The van der Waals surface area contributed by atoms with Crippen LogP contribution in [-0.4, -0.2) is 118 Å². The second-order valence-electron chi connectivity index (χ2n) is 15.1. The molecule has 0 aliphatic carbocycles. The zero-order chi connectivity index (χ0) is 48.2. The van der Waals surface area contributed by atoms with Crippen LogP contribution in [0.15, 0.2) is 40.2 Å². The van der Waals surface area contributed by atoms with Crippen LogP contribution in [0.2, 0.25) is 0 Å². The number of nitrogens with zero attached hydrogens (tertiary/aromatic N) is 4. The SMILES string of the molecule is CCSSC[C@H](NC(=O)[C@H](CC(=O)O)CC(=O)[C@H](CCCN=C(N)N)NC(=O)[C@H](C)CC(=O)CC[C@H](CC(=O)c1ccc(CCc2cnc3nc(N)[nH]c(=O)c3n2)cc1)C(=O)O)C(=O)O. The predicted molar refractivity (Wildman–Crippen MR) is 242 cm³/mol. The van der Waals surface area contributed by atoms with Crippen molar-refractivity contribution in [2.75, 3.05) is 23.8 Å².